The Hall–Kier alpha value is -1.75. The lowest BCUT2D eigenvalue weighted by Gasteiger charge is -2.18. The van der Waals surface area contributed by atoms with E-state index in [-0.39, 0.29) is 0 Å². The highest BCUT2D eigenvalue weighted by Crippen LogP contribution is 2.06. The molecule has 0 radical (unpaired) electrons. The Balaban J connectivity index is 1.73. The molecule has 2 N–H and O–H groups in total. The number of nitrogens with zero attached hydrogens (tertiary/aromatic N) is 3. The van der Waals surface area contributed by atoms with Gasteiger partial charge in [-0.3, -0.25) is 9.58 Å². The number of anilines is 1. The van der Waals surface area contributed by atoms with Crippen molar-refractivity contribution in [2.45, 2.75) is 26.4 Å². The van der Waals surface area contributed by atoms with Crippen molar-refractivity contribution in [3.63, 3.8) is 0 Å². The smallest absolute Gasteiger partial charge is 0.145 e. The summed E-state index contributed by atoms with van der Waals surface area (Å²) in [6, 6.07) is 5.76. The molecule has 5 nitrogen and oxygen atoms in total. The zero-order valence-electron chi connectivity index (χ0n) is 10.7. The van der Waals surface area contributed by atoms with Gasteiger partial charge < -0.3 is 10.2 Å². The summed E-state index contributed by atoms with van der Waals surface area (Å²) in [6.45, 7) is 5.96. The van der Waals surface area contributed by atoms with E-state index in [4.69, 9.17) is 10.2 Å². The van der Waals surface area contributed by atoms with Gasteiger partial charge in [-0.15, -0.1) is 0 Å². The number of hydrogen-bond acceptors (Lipinski definition) is 4. The number of furan rings is 1. The van der Waals surface area contributed by atoms with Crippen LogP contribution in [0.15, 0.2) is 35.1 Å². The Morgan fingerprint density at radius 1 is 1.44 bits per heavy atom. The van der Waals surface area contributed by atoms with E-state index in [2.05, 4.69) is 16.9 Å². The molecule has 0 amide bonds. The molecule has 2 heterocycles. The Kier molecular flexibility index (Phi) is 4.41. The van der Waals surface area contributed by atoms with Crippen LogP contribution >= 0.6 is 0 Å². The van der Waals surface area contributed by atoms with Crippen molar-refractivity contribution in [2.75, 3.05) is 18.8 Å². The van der Waals surface area contributed by atoms with Gasteiger partial charge in [0.1, 0.15) is 11.6 Å². The topological polar surface area (TPSA) is 60.2 Å². The number of hydrogen-bond donors (Lipinski definition) is 1. The maximum atomic E-state index is 5.57. The average Bonchev–Trinajstić information content (AvgIpc) is 3.00. The Labute approximate surface area is 107 Å². The van der Waals surface area contributed by atoms with Crippen LogP contribution in [0.3, 0.4) is 0 Å². The summed E-state index contributed by atoms with van der Waals surface area (Å²) in [4.78, 5) is 2.35. The third-order valence-electron chi connectivity index (χ3n) is 2.93. The molecule has 0 aliphatic carbocycles. The first-order chi connectivity index (χ1) is 8.78. The van der Waals surface area contributed by atoms with Crippen LogP contribution < -0.4 is 5.73 Å². The minimum atomic E-state index is 0.581. The second-order valence-corrected chi connectivity index (χ2v) is 4.31. The SMILES string of the molecule is CCN(CCCn1ccc(N)n1)Cc1ccco1. The van der Waals surface area contributed by atoms with Gasteiger partial charge >= 0.3 is 0 Å². The molecule has 0 aliphatic heterocycles. The Morgan fingerprint density at radius 3 is 2.94 bits per heavy atom. The van der Waals surface area contributed by atoms with Crippen molar-refractivity contribution in [1.29, 1.82) is 0 Å². The highest BCUT2D eigenvalue weighted by molar-refractivity contribution is 5.23. The van der Waals surface area contributed by atoms with E-state index >= 15 is 0 Å². The van der Waals surface area contributed by atoms with Crippen LogP contribution in [0.25, 0.3) is 0 Å². The fourth-order valence-corrected chi connectivity index (χ4v) is 1.93. The van der Waals surface area contributed by atoms with E-state index in [1.165, 1.54) is 0 Å². The lowest BCUT2D eigenvalue weighted by atomic mass is 10.3. The highest BCUT2D eigenvalue weighted by atomic mass is 16.3. The second kappa shape index (κ2) is 6.26. The number of rotatable bonds is 7. The first-order valence-corrected chi connectivity index (χ1v) is 6.31. The summed E-state index contributed by atoms with van der Waals surface area (Å²) in [6.07, 6.45) is 4.68. The van der Waals surface area contributed by atoms with Crippen LogP contribution in [0.5, 0.6) is 0 Å². The molecule has 0 atom stereocenters. The standard InChI is InChI=1S/C13H20N4O/c1-2-16(11-12-5-3-10-18-12)7-4-8-17-9-6-13(14)15-17/h3,5-6,9-10H,2,4,7-8,11H2,1H3,(H2,14,15). The Morgan fingerprint density at radius 2 is 2.33 bits per heavy atom. The van der Waals surface area contributed by atoms with E-state index in [0.29, 0.717) is 5.82 Å². The number of nitrogens with two attached hydrogens (primary N) is 1. The molecule has 5 heteroatoms. The number of nitrogen functional groups attached to an aromatic ring is 1. The fourth-order valence-electron chi connectivity index (χ4n) is 1.93. The summed E-state index contributed by atoms with van der Waals surface area (Å²) in [5.74, 6) is 1.60. The van der Waals surface area contributed by atoms with Crippen LogP contribution in [0.2, 0.25) is 0 Å². The average molecular weight is 248 g/mol. The van der Waals surface area contributed by atoms with Crippen LogP contribution in [0.4, 0.5) is 5.82 Å². The van der Waals surface area contributed by atoms with E-state index in [0.717, 1.165) is 38.4 Å². The van der Waals surface area contributed by atoms with Gasteiger partial charge in [0.05, 0.1) is 12.8 Å². The van der Waals surface area contributed by atoms with Crippen molar-refractivity contribution in [2.24, 2.45) is 0 Å². The summed E-state index contributed by atoms with van der Waals surface area (Å²) in [5, 5.41) is 4.17. The molecule has 0 aliphatic rings. The molecule has 18 heavy (non-hydrogen) atoms. The summed E-state index contributed by atoms with van der Waals surface area (Å²) < 4.78 is 7.24. The third kappa shape index (κ3) is 3.63. The zero-order valence-corrected chi connectivity index (χ0v) is 10.7. The normalized spacial score (nSPS) is 11.2. The summed E-state index contributed by atoms with van der Waals surface area (Å²) in [7, 11) is 0. The van der Waals surface area contributed by atoms with Gasteiger partial charge in [-0.05, 0) is 31.2 Å². The maximum absolute atomic E-state index is 5.57. The van der Waals surface area contributed by atoms with E-state index in [1.54, 1.807) is 6.26 Å². The fraction of sp³-hybridized carbons (Fsp3) is 0.462. The largest absolute Gasteiger partial charge is 0.468 e. The van der Waals surface area contributed by atoms with Gasteiger partial charge in [0, 0.05) is 19.3 Å². The molecule has 2 aromatic heterocycles. The van der Waals surface area contributed by atoms with Crippen molar-refractivity contribution in [1.82, 2.24) is 14.7 Å². The zero-order chi connectivity index (χ0) is 12.8. The van der Waals surface area contributed by atoms with Crippen LogP contribution in [0.1, 0.15) is 19.1 Å². The third-order valence-corrected chi connectivity index (χ3v) is 2.93. The lowest BCUT2D eigenvalue weighted by molar-refractivity contribution is 0.247. The molecule has 2 rings (SSSR count). The quantitative estimate of drug-likeness (QED) is 0.813. The molecular weight excluding hydrogens is 228 g/mol. The van der Waals surface area contributed by atoms with Gasteiger partial charge in [0.25, 0.3) is 0 Å². The molecule has 0 spiro atoms. The highest BCUT2D eigenvalue weighted by Gasteiger charge is 2.05. The van der Waals surface area contributed by atoms with Gasteiger partial charge in [-0.1, -0.05) is 6.92 Å². The number of aromatic nitrogens is 2. The van der Waals surface area contributed by atoms with Crippen molar-refractivity contribution < 1.29 is 4.42 Å². The minimum Gasteiger partial charge on any atom is -0.468 e. The molecule has 0 fully saturated rings. The van der Waals surface area contributed by atoms with Crippen LogP contribution in [0, 0.1) is 0 Å². The van der Waals surface area contributed by atoms with E-state index < -0.39 is 0 Å². The van der Waals surface area contributed by atoms with Gasteiger partial charge in [-0.25, -0.2) is 0 Å². The predicted molar refractivity (Wildman–Crippen MR) is 70.9 cm³/mol. The first-order valence-electron chi connectivity index (χ1n) is 6.31. The minimum absolute atomic E-state index is 0.581. The van der Waals surface area contributed by atoms with Gasteiger partial charge in [0.15, 0.2) is 0 Å². The molecule has 0 bridgehead atoms. The van der Waals surface area contributed by atoms with Crippen molar-refractivity contribution in [3.8, 4) is 0 Å². The monoisotopic (exact) mass is 248 g/mol. The van der Waals surface area contributed by atoms with Crippen LogP contribution in [-0.2, 0) is 13.1 Å². The number of aryl methyl sites for hydroxylation is 1. The molecule has 98 valence electrons. The second-order valence-electron chi connectivity index (χ2n) is 4.31. The van der Waals surface area contributed by atoms with E-state index in [9.17, 15) is 0 Å². The van der Waals surface area contributed by atoms with Crippen molar-refractivity contribution >= 4 is 5.82 Å². The molecule has 0 aromatic carbocycles. The summed E-state index contributed by atoms with van der Waals surface area (Å²) in [5.41, 5.74) is 5.57. The molecule has 0 saturated heterocycles. The first kappa shape index (κ1) is 12.7. The molecule has 0 saturated carbocycles. The van der Waals surface area contributed by atoms with Gasteiger partial charge in [0.2, 0.25) is 0 Å². The molecule has 2 aromatic rings. The van der Waals surface area contributed by atoms with Crippen LogP contribution in [-0.4, -0.2) is 27.8 Å². The van der Waals surface area contributed by atoms with Gasteiger partial charge in [-0.2, -0.15) is 5.10 Å². The maximum Gasteiger partial charge on any atom is 0.145 e. The predicted octanol–water partition coefficient (Wildman–Crippen LogP) is 1.97. The molecular formula is C13H20N4O. The van der Waals surface area contributed by atoms with E-state index in [1.807, 2.05) is 29.1 Å². The van der Waals surface area contributed by atoms with Crippen molar-refractivity contribution in [3.05, 3.63) is 36.4 Å². The lowest BCUT2D eigenvalue weighted by Crippen LogP contribution is -2.24. The molecule has 0 unspecified atom stereocenters. The Bertz CT molecular complexity index is 449. The summed E-state index contributed by atoms with van der Waals surface area (Å²) >= 11 is 0.